The van der Waals surface area contributed by atoms with Crippen molar-refractivity contribution in [2.45, 2.75) is 41.9 Å². The van der Waals surface area contributed by atoms with Crippen LogP contribution in [0.5, 0.6) is 0 Å². The monoisotopic (exact) mass is 334 g/mol. The summed E-state index contributed by atoms with van der Waals surface area (Å²) in [5, 5.41) is 11.9. The van der Waals surface area contributed by atoms with Crippen molar-refractivity contribution >= 4 is 9.84 Å². The predicted molar refractivity (Wildman–Crippen MR) is 78.6 cm³/mol. The fourth-order valence-corrected chi connectivity index (χ4v) is 4.98. The SMILES string of the molecule is N#C[C@@H]1C[C@@H]1S(=O)(=O)c1nc2n(n1)[C@H](C1C=CC=CC1)C[C@@H]2F. The normalized spacial score (nSPS) is 35.0. The topological polar surface area (TPSA) is 88.6 Å². The van der Waals surface area contributed by atoms with Crippen LogP contribution in [0.1, 0.15) is 37.3 Å². The van der Waals surface area contributed by atoms with Gasteiger partial charge in [-0.15, -0.1) is 5.10 Å². The molecule has 1 aromatic rings. The molecule has 1 aromatic heterocycles. The number of hydrogen-bond acceptors (Lipinski definition) is 5. The lowest BCUT2D eigenvalue weighted by molar-refractivity contribution is 0.288. The summed E-state index contributed by atoms with van der Waals surface area (Å²) in [6.07, 6.45) is 7.89. The molecule has 0 amide bonds. The van der Waals surface area contributed by atoms with E-state index in [9.17, 15) is 12.8 Å². The van der Waals surface area contributed by atoms with Gasteiger partial charge in [-0.1, -0.05) is 24.3 Å². The van der Waals surface area contributed by atoms with Gasteiger partial charge in [0.2, 0.25) is 9.84 Å². The van der Waals surface area contributed by atoms with Crippen molar-refractivity contribution in [1.82, 2.24) is 14.8 Å². The van der Waals surface area contributed by atoms with Crippen LogP contribution in [0.25, 0.3) is 0 Å². The summed E-state index contributed by atoms with van der Waals surface area (Å²) < 4.78 is 40.6. The van der Waals surface area contributed by atoms with Crippen LogP contribution in [0.3, 0.4) is 0 Å². The molecule has 0 saturated heterocycles. The Hall–Kier alpha value is -2.01. The van der Waals surface area contributed by atoms with E-state index in [0.29, 0.717) is 6.42 Å². The Morgan fingerprint density at radius 3 is 2.83 bits per heavy atom. The van der Waals surface area contributed by atoms with Gasteiger partial charge in [0.15, 0.2) is 12.0 Å². The van der Waals surface area contributed by atoms with E-state index in [1.54, 1.807) is 0 Å². The molecular weight excluding hydrogens is 319 g/mol. The first-order valence-corrected chi connectivity index (χ1v) is 9.14. The van der Waals surface area contributed by atoms with E-state index in [2.05, 4.69) is 10.1 Å². The van der Waals surface area contributed by atoms with Crippen LogP contribution in [-0.2, 0) is 9.84 Å². The molecule has 8 heteroatoms. The predicted octanol–water partition coefficient (Wildman–Crippen LogP) is 2.05. The van der Waals surface area contributed by atoms with E-state index < -0.39 is 27.2 Å². The number of aromatic nitrogens is 3. The van der Waals surface area contributed by atoms with E-state index >= 15 is 0 Å². The van der Waals surface area contributed by atoms with Crippen LogP contribution in [0.4, 0.5) is 4.39 Å². The molecule has 2 heterocycles. The van der Waals surface area contributed by atoms with Crippen molar-refractivity contribution in [3.63, 3.8) is 0 Å². The minimum Gasteiger partial charge on any atom is -0.242 e. The van der Waals surface area contributed by atoms with Gasteiger partial charge in [0, 0.05) is 12.3 Å². The Bertz CT molecular complexity index is 851. The van der Waals surface area contributed by atoms with Crippen LogP contribution >= 0.6 is 0 Å². The second kappa shape index (κ2) is 4.99. The molecule has 2 aliphatic carbocycles. The standard InChI is InChI=1S/C15H15FN4O2S/c16-11-7-12(9-4-2-1-3-5-9)20-14(11)18-15(19-20)23(21,22)13-6-10(13)8-17/h1-4,9-13H,5-7H2/t9?,10-,11-,12-,13-/m0/s1. The third-order valence-corrected chi connectivity index (χ3v) is 6.74. The lowest BCUT2D eigenvalue weighted by Gasteiger charge is -2.21. The molecular formula is C15H15FN4O2S. The number of sulfone groups is 1. The second-order valence-corrected chi connectivity index (χ2v) is 8.30. The second-order valence-electron chi connectivity index (χ2n) is 6.24. The molecule has 4 rings (SSSR count). The molecule has 1 unspecified atom stereocenters. The van der Waals surface area contributed by atoms with E-state index in [4.69, 9.17) is 5.26 Å². The molecule has 0 spiro atoms. The third-order valence-electron chi connectivity index (χ3n) is 4.74. The molecule has 0 radical (unpaired) electrons. The zero-order chi connectivity index (χ0) is 16.2. The van der Waals surface area contributed by atoms with Crippen molar-refractivity contribution in [3.05, 3.63) is 30.1 Å². The van der Waals surface area contributed by atoms with E-state index in [1.807, 2.05) is 30.4 Å². The number of fused-ring (bicyclic) bond motifs is 1. The molecule has 0 bridgehead atoms. The van der Waals surface area contributed by atoms with E-state index in [0.717, 1.165) is 6.42 Å². The molecule has 5 atom stereocenters. The number of halogens is 1. The maximum atomic E-state index is 14.3. The van der Waals surface area contributed by atoms with Crippen molar-refractivity contribution in [2.24, 2.45) is 11.8 Å². The van der Waals surface area contributed by atoms with Gasteiger partial charge >= 0.3 is 0 Å². The quantitative estimate of drug-likeness (QED) is 0.844. The summed E-state index contributed by atoms with van der Waals surface area (Å²) >= 11 is 0. The van der Waals surface area contributed by atoms with E-state index in [1.165, 1.54) is 4.68 Å². The summed E-state index contributed by atoms with van der Waals surface area (Å²) in [6, 6.07) is 1.73. The minimum absolute atomic E-state index is 0.0875. The maximum absolute atomic E-state index is 14.3. The van der Waals surface area contributed by atoms with Gasteiger partial charge in [0.05, 0.1) is 23.3 Å². The lowest BCUT2D eigenvalue weighted by atomic mass is 9.91. The lowest BCUT2D eigenvalue weighted by Crippen LogP contribution is -2.18. The number of alkyl halides is 1. The first-order chi connectivity index (χ1) is 11.0. The molecule has 23 heavy (non-hydrogen) atoms. The Morgan fingerprint density at radius 2 is 2.17 bits per heavy atom. The number of hydrogen-bond donors (Lipinski definition) is 0. The highest BCUT2D eigenvalue weighted by molar-refractivity contribution is 7.92. The van der Waals surface area contributed by atoms with Gasteiger partial charge < -0.3 is 0 Å². The van der Waals surface area contributed by atoms with Gasteiger partial charge in [-0.25, -0.2) is 17.5 Å². The Kier molecular flexibility index (Phi) is 3.17. The first-order valence-electron chi connectivity index (χ1n) is 7.59. The molecule has 1 aliphatic heterocycles. The Balaban J connectivity index is 1.67. The highest BCUT2D eigenvalue weighted by atomic mass is 32.2. The van der Waals surface area contributed by atoms with Gasteiger partial charge in [-0.05, 0) is 12.8 Å². The molecule has 1 saturated carbocycles. The summed E-state index contributed by atoms with van der Waals surface area (Å²) in [4.78, 5) is 3.96. The molecule has 1 fully saturated rings. The molecule has 120 valence electrons. The minimum atomic E-state index is -3.75. The van der Waals surface area contributed by atoms with Crippen LogP contribution in [0.2, 0.25) is 0 Å². The smallest absolute Gasteiger partial charge is 0.242 e. The summed E-state index contributed by atoms with van der Waals surface area (Å²) in [5.41, 5.74) is 0. The average molecular weight is 334 g/mol. The number of nitriles is 1. The number of allylic oxidation sites excluding steroid dienone is 4. The van der Waals surface area contributed by atoms with Gasteiger partial charge in [0.1, 0.15) is 0 Å². The maximum Gasteiger partial charge on any atom is 0.267 e. The van der Waals surface area contributed by atoms with Gasteiger partial charge in [-0.3, -0.25) is 0 Å². The number of rotatable bonds is 3. The van der Waals surface area contributed by atoms with Crippen molar-refractivity contribution < 1.29 is 12.8 Å². The average Bonchev–Trinajstić information content (AvgIpc) is 3.13. The molecule has 0 aromatic carbocycles. The Labute approximate surface area is 133 Å². The van der Waals surface area contributed by atoms with Gasteiger partial charge in [0.25, 0.3) is 5.16 Å². The highest BCUT2D eigenvalue weighted by Gasteiger charge is 2.51. The van der Waals surface area contributed by atoms with E-state index in [-0.39, 0.29) is 29.4 Å². The largest absolute Gasteiger partial charge is 0.267 e. The van der Waals surface area contributed by atoms with Crippen LogP contribution in [-0.4, -0.2) is 28.4 Å². The molecule has 3 aliphatic rings. The fourth-order valence-electron chi connectivity index (χ4n) is 3.34. The van der Waals surface area contributed by atoms with Crippen LogP contribution in [0.15, 0.2) is 29.5 Å². The summed E-state index contributed by atoms with van der Waals surface area (Å²) in [7, 11) is -3.75. The van der Waals surface area contributed by atoms with Crippen molar-refractivity contribution in [1.29, 1.82) is 5.26 Å². The first kappa shape index (κ1) is 14.6. The molecule has 0 N–H and O–H groups in total. The zero-order valence-electron chi connectivity index (χ0n) is 12.2. The Morgan fingerprint density at radius 1 is 1.35 bits per heavy atom. The highest BCUT2D eigenvalue weighted by Crippen LogP contribution is 2.44. The van der Waals surface area contributed by atoms with Crippen molar-refractivity contribution in [3.8, 4) is 6.07 Å². The fraction of sp³-hybridized carbons (Fsp3) is 0.533. The third kappa shape index (κ3) is 2.22. The van der Waals surface area contributed by atoms with Crippen LogP contribution in [0, 0.1) is 23.2 Å². The van der Waals surface area contributed by atoms with Gasteiger partial charge in [-0.2, -0.15) is 10.2 Å². The number of nitrogens with zero attached hydrogens (tertiary/aromatic N) is 4. The summed E-state index contributed by atoms with van der Waals surface area (Å²) in [5.74, 6) is -0.322. The zero-order valence-corrected chi connectivity index (χ0v) is 13.0. The van der Waals surface area contributed by atoms with Crippen LogP contribution < -0.4 is 0 Å². The van der Waals surface area contributed by atoms with Crippen molar-refractivity contribution in [2.75, 3.05) is 0 Å². The summed E-state index contributed by atoms with van der Waals surface area (Å²) in [6.45, 7) is 0. The molecule has 6 nitrogen and oxygen atoms in total.